The molecule has 0 spiro atoms. The van der Waals surface area contributed by atoms with Crippen LogP contribution >= 0.6 is 0 Å². The molecule has 1 amide bonds. The quantitative estimate of drug-likeness (QED) is 0.813. The Morgan fingerprint density at radius 3 is 2.55 bits per heavy atom. The predicted octanol–water partition coefficient (Wildman–Crippen LogP) is 1.99. The van der Waals surface area contributed by atoms with Crippen molar-refractivity contribution in [2.45, 2.75) is 12.1 Å². The van der Waals surface area contributed by atoms with Crippen molar-refractivity contribution in [3.05, 3.63) is 35.9 Å². The highest BCUT2D eigenvalue weighted by atomic mass is 19.4. The van der Waals surface area contributed by atoms with Crippen LogP contribution < -0.4 is 5.32 Å². The lowest BCUT2D eigenvalue weighted by Crippen LogP contribution is -2.32. The largest absolute Gasteiger partial charge is 0.411 e. The molecule has 0 saturated heterocycles. The minimum Gasteiger partial charge on any atom is -0.370 e. The average Bonchev–Trinajstić information content (AvgIpc) is 2.39. The molecule has 1 atom stereocenters. The second-order valence-corrected chi connectivity index (χ2v) is 3.93. The molecule has 0 heterocycles. The van der Waals surface area contributed by atoms with Gasteiger partial charge in [0, 0.05) is 6.54 Å². The molecular formula is C13H13F3N2O2. The zero-order valence-electron chi connectivity index (χ0n) is 10.5. The molecule has 7 heteroatoms. The Balaban J connectivity index is 2.37. The maximum atomic E-state index is 11.8. The first kappa shape index (κ1) is 16.0. The first-order chi connectivity index (χ1) is 9.44. The van der Waals surface area contributed by atoms with Gasteiger partial charge in [-0.25, -0.2) is 0 Å². The monoisotopic (exact) mass is 286 g/mol. The van der Waals surface area contributed by atoms with E-state index in [4.69, 9.17) is 5.26 Å². The topological polar surface area (TPSA) is 62.1 Å². The van der Waals surface area contributed by atoms with Crippen LogP contribution in [0.5, 0.6) is 0 Å². The summed E-state index contributed by atoms with van der Waals surface area (Å²) in [4.78, 5) is 11.7. The number of hydrogen-bond donors (Lipinski definition) is 1. The van der Waals surface area contributed by atoms with E-state index >= 15 is 0 Å². The Labute approximate surface area is 114 Å². The van der Waals surface area contributed by atoms with Gasteiger partial charge in [-0.15, -0.1) is 0 Å². The fourth-order valence-corrected chi connectivity index (χ4v) is 1.47. The third-order valence-electron chi connectivity index (χ3n) is 2.34. The van der Waals surface area contributed by atoms with Gasteiger partial charge in [0.25, 0.3) is 0 Å². The predicted molar refractivity (Wildman–Crippen MR) is 64.7 cm³/mol. The summed E-state index contributed by atoms with van der Waals surface area (Å²) >= 11 is 0. The van der Waals surface area contributed by atoms with E-state index in [1.54, 1.807) is 30.3 Å². The number of nitrogens with zero attached hydrogens (tertiary/aromatic N) is 1. The van der Waals surface area contributed by atoms with E-state index in [1.807, 2.05) is 6.07 Å². The molecule has 108 valence electrons. The summed E-state index contributed by atoms with van der Waals surface area (Å²) in [5.41, 5.74) is 0.531. The summed E-state index contributed by atoms with van der Waals surface area (Å²) in [5, 5.41) is 11.3. The minimum atomic E-state index is -4.39. The van der Waals surface area contributed by atoms with Crippen LogP contribution in [0.15, 0.2) is 30.3 Å². The normalized spacial score (nSPS) is 12.5. The van der Waals surface area contributed by atoms with Crippen molar-refractivity contribution in [3.63, 3.8) is 0 Å². The summed E-state index contributed by atoms with van der Waals surface area (Å²) in [5.74, 6) is -1.55. The molecule has 1 rings (SSSR count). The van der Waals surface area contributed by atoms with Gasteiger partial charge in [-0.1, -0.05) is 30.3 Å². The third kappa shape index (κ3) is 5.71. The van der Waals surface area contributed by atoms with Gasteiger partial charge in [0.1, 0.15) is 12.5 Å². The molecule has 1 unspecified atom stereocenters. The zero-order chi connectivity index (χ0) is 15.0. The Bertz CT molecular complexity index is 469. The van der Waals surface area contributed by atoms with E-state index in [2.05, 4.69) is 10.1 Å². The molecule has 1 aromatic carbocycles. The van der Waals surface area contributed by atoms with Crippen LogP contribution in [-0.4, -0.2) is 31.8 Å². The Hall–Kier alpha value is -2.07. The van der Waals surface area contributed by atoms with Crippen LogP contribution in [0.3, 0.4) is 0 Å². The number of carbonyl (C=O) groups is 1. The van der Waals surface area contributed by atoms with Gasteiger partial charge >= 0.3 is 6.18 Å². The summed E-state index contributed by atoms with van der Waals surface area (Å²) in [6.07, 6.45) is -4.39. The van der Waals surface area contributed by atoms with Crippen molar-refractivity contribution < 1.29 is 22.7 Å². The lowest BCUT2D eigenvalue weighted by atomic mass is 10.00. The van der Waals surface area contributed by atoms with E-state index in [9.17, 15) is 18.0 Å². The molecule has 0 aliphatic carbocycles. The average molecular weight is 286 g/mol. The summed E-state index contributed by atoms with van der Waals surface area (Å²) in [7, 11) is 0. The van der Waals surface area contributed by atoms with Gasteiger partial charge in [0.15, 0.2) is 0 Å². The molecule has 0 saturated carbocycles. The van der Waals surface area contributed by atoms with E-state index < -0.39 is 24.6 Å². The molecule has 0 aliphatic rings. The zero-order valence-corrected chi connectivity index (χ0v) is 10.5. The molecule has 4 nitrogen and oxygen atoms in total. The van der Waals surface area contributed by atoms with Crippen molar-refractivity contribution in [2.24, 2.45) is 0 Å². The number of benzene rings is 1. The van der Waals surface area contributed by atoms with Gasteiger partial charge in [-0.2, -0.15) is 18.4 Å². The number of amides is 1. The fraction of sp³-hybridized carbons (Fsp3) is 0.385. The minimum absolute atomic E-state index is 0.0834. The number of ether oxygens (including phenoxy) is 1. The number of alkyl halides is 3. The van der Waals surface area contributed by atoms with Crippen LogP contribution in [0, 0.1) is 11.3 Å². The van der Waals surface area contributed by atoms with Crippen LogP contribution in [0.25, 0.3) is 0 Å². The number of carbonyl (C=O) groups excluding carboxylic acids is 1. The Morgan fingerprint density at radius 2 is 2.00 bits per heavy atom. The highest BCUT2D eigenvalue weighted by molar-refractivity contribution is 5.86. The number of halogens is 3. The lowest BCUT2D eigenvalue weighted by molar-refractivity contribution is -0.173. The van der Waals surface area contributed by atoms with Gasteiger partial charge in [0.05, 0.1) is 12.7 Å². The first-order valence-corrected chi connectivity index (χ1v) is 5.81. The van der Waals surface area contributed by atoms with Crippen molar-refractivity contribution in [1.29, 1.82) is 5.26 Å². The van der Waals surface area contributed by atoms with Crippen molar-refractivity contribution in [2.75, 3.05) is 19.8 Å². The lowest BCUT2D eigenvalue weighted by Gasteiger charge is -2.11. The van der Waals surface area contributed by atoms with Crippen LogP contribution in [0.2, 0.25) is 0 Å². The van der Waals surface area contributed by atoms with Crippen LogP contribution in [-0.2, 0) is 9.53 Å². The molecular weight excluding hydrogens is 273 g/mol. The smallest absolute Gasteiger partial charge is 0.370 e. The van der Waals surface area contributed by atoms with Gasteiger partial charge < -0.3 is 10.1 Å². The molecule has 0 bridgehead atoms. The highest BCUT2D eigenvalue weighted by Crippen LogP contribution is 2.15. The fourth-order valence-electron chi connectivity index (χ4n) is 1.47. The van der Waals surface area contributed by atoms with Crippen molar-refractivity contribution >= 4 is 5.91 Å². The Kier molecular flexibility index (Phi) is 6.00. The molecule has 0 aliphatic heterocycles. The van der Waals surface area contributed by atoms with E-state index in [1.165, 1.54) is 0 Å². The Morgan fingerprint density at radius 1 is 1.35 bits per heavy atom. The standard InChI is InChI=1S/C13H13F3N2O2/c14-13(15,16)9-20-7-6-18-12(19)11(8-17)10-4-2-1-3-5-10/h1-5,11H,6-7,9H2,(H,18,19). The maximum absolute atomic E-state index is 11.8. The molecule has 1 N–H and O–H groups in total. The van der Waals surface area contributed by atoms with E-state index in [-0.39, 0.29) is 13.2 Å². The van der Waals surface area contributed by atoms with Gasteiger partial charge in [-0.05, 0) is 5.56 Å². The third-order valence-corrected chi connectivity index (χ3v) is 2.34. The number of hydrogen-bond acceptors (Lipinski definition) is 3. The molecule has 0 radical (unpaired) electrons. The SMILES string of the molecule is N#CC(C(=O)NCCOCC(F)(F)F)c1ccccc1. The van der Waals surface area contributed by atoms with Crippen molar-refractivity contribution in [1.82, 2.24) is 5.32 Å². The summed E-state index contributed by atoms with van der Waals surface area (Å²) in [6.45, 7) is -1.71. The van der Waals surface area contributed by atoms with E-state index in [0.29, 0.717) is 5.56 Å². The molecule has 20 heavy (non-hydrogen) atoms. The highest BCUT2D eigenvalue weighted by Gasteiger charge is 2.27. The number of rotatable bonds is 6. The number of nitrogens with one attached hydrogen (secondary N) is 1. The number of nitriles is 1. The van der Waals surface area contributed by atoms with E-state index in [0.717, 1.165) is 0 Å². The van der Waals surface area contributed by atoms with Gasteiger partial charge in [0.2, 0.25) is 5.91 Å². The molecule has 0 fully saturated rings. The first-order valence-electron chi connectivity index (χ1n) is 5.81. The summed E-state index contributed by atoms with van der Waals surface area (Å²) in [6, 6.07) is 10.3. The second kappa shape index (κ2) is 7.50. The van der Waals surface area contributed by atoms with Gasteiger partial charge in [-0.3, -0.25) is 4.79 Å². The van der Waals surface area contributed by atoms with Crippen LogP contribution in [0.4, 0.5) is 13.2 Å². The van der Waals surface area contributed by atoms with Crippen molar-refractivity contribution in [3.8, 4) is 6.07 Å². The maximum Gasteiger partial charge on any atom is 0.411 e. The summed E-state index contributed by atoms with van der Waals surface area (Å²) < 4.78 is 39.7. The second-order valence-electron chi connectivity index (χ2n) is 3.93. The molecule has 0 aromatic heterocycles. The molecule has 1 aromatic rings. The van der Waals surface area contributed by atoms with Crippen LogP contribution in [0.1, 0.15) is 11.5 Å².